The van der Waals surface area contributed by atoms with Crippen molar-refractivity contribution in [3.63, 3.8) is 0 Å². The highest BCUT2D eigenvalue weighted by atomic mass is 35.5. The Bertz CT molecular complexity index is 815. The van der Waals surface area contributed by atoms with Crippen LogP contribution < -0.4 is 0 Å². The fourth-order valence-electron chi connectivity index (χ4n) is 2.25. The zero-order valence-corrected chi connectivity index (χ0v) is 12.3. The summed E-state index contributed by atoms with van der Waals surface area (Å²) in [4.78, 5) is 4.32. The molecule has 0 saturated carbocycles. The monoisotopic (exact) mass is 326 g/mol. The van der Waals surface area contributed by atoms with Gasteiger partial charge in [0.1, 0.15) is 17.5 Å². The molecule has 0 unspecified atom stereocenters. The molecule has 0 aliphatic heterocycles. The van der Waals surface area contributed by atoms with E-state index < -0.39 is 5.82 Å². The minimum Gasteiger partial charge on any atom is -0.322 e. The average molecular weight is 327 g/mol. The van der Waals surface area contributed by atoms with Gasteiger partial charge in [-0.3, -0.25) is 0 Å². The van der Waals surface area contributed by atoms with Gasteiger partial charge in [0.05, 0.1) is 28.5 Å². The van der Waals surface area contributed by atoms with Crippen molar-refractivity contribution in [2.75, 3.05) is 0 Å². The molecule has 0 N–H and O–H groups in total. The van der Waals surface area contributed by atoms with E-state index in [9.17, 15) is 8.78 Å². The van der Waals surface area contributed by atoms with Gasteiger partial charge in [0, 0.05) is 11.6 Å². The van der Waals surface area contributed by atoms with E-state index in [1.54, 1.807) is 22.8 Å². The van der Waals surface area contributed by atoms with Crippen LogP contribution in [0.25, 0.3) is 11.0 Å². The molecule has 21 heavy (non-hydrogen) atoms. The molecule has 2 nitrogen and oxygen atoms in total. The van der Waals surface area contributed by atoms with E-state index in [0.717, 1.165) is 0 Å². The maximum atomic E-state index is 13.8. The first kappa shape index (κ1) is 14.3. The highest BCUT2D eigenvalue weighted by molar-refractivity contribution is 6.31. The van der Waals surface area contributed by atoms with E-state index >= 15 is 0 Å². The van der Waals surface area contributed by atoms with Crippen LogP contribution in [-0.4, -0.2) is 9.55 Å². The van der Waals surface area contributed by atoms with E-state index in [4.69, 9.17) is 23.2 Å². The van der Waals surface area contributed by atoms with E-state index in [-0.39, 0.29) is 23.3 Å². The lowest BCUT2D eigenvalue weighted by atomic mass is 10.2. The summed E-state index contributed by atoms with van der Waals surface area (Å²) in [5.74, 6) is -0.187. The van der Waals surface area contributed by atoms with E-state index in [1.165, 1.54) is 18.2 Å². The Hall–Kier alpha value is -1.65. The molecule has 2 aromatic carbocycles. The lowest BCUT2D eigenvalue weighted by molar-refractivity contribution is 0.598. The number of hydrogen-bond acceptors (Lipinski definition) is 1. The zero-order chi connectivity index (χ0) is 15.0. The molecule has 6 heteroatoms. The summed E-state index contributed by atoms with van der Waals surface area (Å²) in [6.45, 7) is 0.228. The van der Waals surface area contributed by atoms with Gasteiger partial charge in [-0.25, -0.2) is 13.8 Å². The molecular formula is C15H10Cl2F2N2. The van der Waals surface area contributed by atoms with Crippen LogP contribution in [0.4, 0.5) is 8.78 Å². The lowest BCUT2D eigenvalue weighted by Gasteiger charge is -2.09. The number of halogens is 4. The van der Waals surface area contributed by atoms with Gasteiger partial charge in [0.25, 0.3) is 0 Å². The molecule has 108 valence electrons. The van der Waals surface area contributed by atoms with E-state index in [0.29, 0.717) is 22.4 Å². The molecule has 3 aromatic rings. The van der Waals surface area contributed by atoms with Crippen LogP contribution in [0.3, 0.4) is 0 Å². The van der Waals surface area contributed by atoms with Crippen molar-refractivity contribution in [2.24, 2.45) is 0 Å². The Kier molecular flexibility index (Phi) is 3.83. The van der Waals surface area contributed by atoms with Crippen molar-refractivity contribution in [2.45, 2.75) is 12.4 Å². The van der Waals surface area contributed by atoms with Crippen molar-refractivity contribution >= 4 is 34.2 Å². The first-order valence-electron chi connectivity index (χ1n) is 6.23. The smallest absolute Gasteiger partial charge is 0.144 e. The molecule has 0 aliphatic rings. The van der Waals surface area contributed by atoms with Crippen molar-refractivity contribution in [1.82, 2.24) is 9.55 Å². The van der Waals surface area contributed by atoms with E-state index in [2.05, 4.69) is 4.98 Å². The molecule has 0 radical (unpaired) electrons. The summed E-state index contributed by atoms with van der Waals surface area (Å²) < 4.78 is 29.2. The Morgan fingerprint density at radius 2 is 1.86 bits per heavy atom. The second-order valence-corrected chi connectivity index (χ2v) is 5.27. The summed E-state index contributed by atoms with van der Waals surface area (Å²) in [7, 11) is 0. The summed E-state index contributed by atoms with van der Waals surface area (Å²) in [5, 5.41) is -0.000774. The lowest BCUT2D eigenvalue weighted by Crippen LogP contribution is -2.05. The van der Waals surface area contributed by atoms with Crippen LogP contribution in [0, 0.1) is 11.6 Å². The molecule has 0 bridgehead atoms. The van der Waals surface area contributed by atoms with Crippen molar-refractivity contribution in [1.29, 1.82) is 0 Å². The van der Waals surface area contributed by atoms with Crippen molar-refractivity contribution in [3.05, 3.63) is 64.4 Å². The number of benzene rings is 2. The summed E-state index contributed by atoms with van der Waals surface area (Å²) in [5.41, 5.74) is 1.56. The zero-order valence-electron chi connectivity index (χ0n) is 10.8. The minimum absolute atomic E-state index is 0.000774. The van der Waals surface area contributed by atoms with Crippen LogP contribution in [0.5, 0.6) is 0 Å². The van der Waals surface area contributed by atoms with Gasteiger partial charge in [0.2, 0.25) is 0 Å². The Labute approximate surface area is 129 Å². The van der Waals surface area contributed by atoms with Gasteiger partial charge in [-0.2, -0.15) is 0 Å². The van der Waals surface area contributed by atoms with Crippen LogP contribution in [-0.2, 0) is 12.4 Å². The highest BCUT2D eigenvalue weighted by Gasteiger charge is 2.14. The van der Waals surface area contributed by atoms with Crippen LogP contribution in [0.1, 0.15) is 11.4 Å². The molecule has 0 aliphatic carbocycles. The third kappa shape index (κ3) is 2.61. The summed E-state index contributed by atoms with van der Waals surface area (Å²) in [6, 6.07) is 9.15. The van der Waals surface area contributed by atoms with Crippen LogP contribution in [0.15, 0.2) is 36.4 Å². The highest BCUT2D eigenvalue weighted by Crippen LogP contribution is 2.25. The predicted molar refractivity (Wildman–Crippen MR) is 79.8 cm³/mol. The Morgan fingerprint density at radius 1 is 1.10 bits per heavy atom. The maximum Gasteiger partial charge on any atom is 0.144 e. The third-order valence-corrected chi connectivity index (χ3v) is 3.80. The molecule has 1 aromatic heterocycles. The van der Waals surface area contributed by atoms with E-state index in [1.807, 2.05) is 0 Å². The molecule has 0 fully saturated rings. The molecule has 3 rings (SSSR count). The van der Waals surface area contributed by atoms with Crippen LogP contribution in [0.2, 0.25) is 5.02 Å². The molecule has 0 amide bonds. The molecule has 0 saturated heterocycles. The third-order valence-electron chi connectivity index (χ3n) is 3.28. The number of nitrogens with zero attached hydrogens (tertiary/aromatic N) is 2. The number of hydrogen-bond donors (Lipinski definition) is 0. The van der Waals surface area contributed by atoms with Crippen LogP contribution >= 0.6 is 23.2 Å². The largest absolute Gasteiger partial charge is 0.322 e. The molecule has 0 atom stereocenters. The van der Waals surface area contributed by atoms with Gasteiger partial charge in [0.15, 0.2) is 0 Å². The van der Waals surface area contributed by atoms with Crippen molar-refractivity contribution in [3.8, 4) is 0 Å². The predicted octanol–water partition coefficient (Wildman–Crippen LogP) is 4.76. The number of imidazole rings is 1. The quantitative estimate of drug-likeness (QED) is 0.635. The Morgan fingerprint density at radius 3 is 2.57 bits per heavy atom. The maximum absolute atomic E-state index is 13.8. The second kappa shape index (κ2) is 5.62. The minimum atomic E-state index is -0.542. The van der Waals surface area contributed by atoms with Crippen molar-refractivity contribution < 1.29 is 8.78 Å². The number of aromatic nitrogens is 2. The molecule has 0 spiro atoms. The normalized spacial score (nSPS) is 11.2. The Balaban J connectivity index is 2.16. The van der Waals surface area contributed by atoms with Gasteiger partial charge in [-0.1, -0.05) is 29.8 Å². The molecule has 1 heterocycles. The fourth-order valence-corrected chi connectivity index (χ4v) is 2.61. The fraction of sp³-hybridized carbons (Fsp3) is 0.133. The van der Waals surface area contributed by atoms with Gasteiger partial charge in [-0.05, 0) is 12.1 Å². The first-order valence-corrected chi connectivity index (χ1v) is 7.15. The summed E-state index contributed by atoms with van der Waals surface area (Å²) >= 11 is 11.6. The standard InChI is InChI=1S/C15H10Cl2F2N2/c16-7-15-20-13-5-10(17)12(19)6-14(13)21(15)8-9-3-1-2-4-11(9)18/h1-6H,7-8H2. The SMILES string of the molecule is Fc1cc2c(cc1Cl)nc(CCl)n2Cc1ccccc1F. The number of alkyl halides is 1. The van der Waals surface area contributed by atoms with Gasteiger partial charge < -0.3 is 4.57 Å². The topological polar surface area (TPSA) is 17.8 Å². The number of rotatable bonds is 3. The average Bonchev–Trinajstić information content (AvgIpc) is 2.79. The summed E-state index contributed by atoms with van der Waals surface area (Å²) in [6.07, 6.45) is 0. The molecular weight excluding hydrogens is 317 g/mol. The van der Waals surface area contributed by atoms with Gasteiger partial charge >= 0.3 is 0 Å². The number of fused-ring (bicyclic) bond motifs is 1. The first-order chi connectivity index (χ1) is 10.1. The van der Waals surface area contributed by atoms with Gasteiger partial charge in [-0.15, -0.1) is 11.6 Å². The second-order valence-electron chi connectivity index (χ2n) is 4.59.